The van der Waals surface area contributed by atoms with Gasteiger partial charge >= 0.3 is 0 Å². The topological polar surface area (TPSA) is 40.5 Å². The van der Waals surface area contributed by atoms with E-state index < -0.39 is 11.6 Å². The zero-order valence-corrected chi connectivity index (χ0v) is 11.3. The van der Waals surface area contributed by atoms with Crippen molar-refractivity contribution in [3.63, 3.8) is 0 Å². The molecule has 4 heteroatoms. The van der Waals surface area contributed by atoms with Crippen LogP contribution in [-0.4, -0.2) is 10.2 Å². The lowest BCUT2D eigenvalue weighted by Crippen LogP contribution is -2.08. The number of phenolic OH excluding ortho intramolecular Hbond substituents is 2. The number of halogens is 2. The fourth-order valence-corrected chi connectivity index (χ4v) is 2.31. The molecule has 0 heterocycles. The highest BCUT2D eigenvalue weighted by atomic mass is 19.1. The second-order valence-electron chi connectivity index (χ2n) is 4.99. The number of hydrogen-bond donors (Lipinski definition) is 2. The van der Waals surface area contributed by atoms with Gasteiger partial charge in [0.1, 0.15) is 23.1 Å². The number of rotatable bonds is 3. The summed E-state index contributed by atoms with van der Waals surface area (Å²) in [5.41, 5.74) is 0.838. The van der Waals surface area contributed by atoms with Crippen molar-refractivity contribution in [3.05, 3.63) is 59.2 Å². The van der Waals surface area contributed by atoms with Crippen LogP contribution in [-0.2, 0) is 0 Å². The van der Waals surface area contributed by atoms with E-state index in [1.54, 1.807) is 13.8 Å². The highest BCUT2D eigenvalue weighted by Crippen LogP contribution is 2.36. The second kappa shape index (κ2) is 5.49. The highest BCUT2D eigenvalue weighted by Gasteiger charge is 2.22. The first-order valence-electron chi connectivity index (χ1n) is 6.37. The predicted octanol–water partition coefficient (Wildman–Crippen LogP) is 4.28. The molecule has 2 aromatic carbocycles. The Balaban J connectivity index is 2.34. The summed E-state index contributed by atoms with van der Waals surface area (Å²) in [5.74, 6) is -1.83. The molecule has 0 spiro atoms. The third-order valence-corrected chi connectivity index (χ3v) is 3.70. The minimum absolute atomic E-state index is 0.137. The van der Waals surface area contributed by atoms with Crippen molar-refractivity contribution >= 4 is 0 Å². The largest absolute Gasteiger partial charge is 0.508 e. The number of phenols is 2. The lowest BCUT2D eigenvalue weighted by molar-refractivity contribution is 0.460. The van der Waals surface area contributed by atoms with E-state index in [1.165, 1.54) is 24.3 Å². The number of aromatic hydroxyl groups is 2. The monoisotopic (exact) mass is 278 g/mol. The van der Waals surface area contributed by atoms with Crippen LogP contribution in [0.3, 0.4) is 0 Å². The fourth-order valence-electron chi connectivity index (χ4n) is 2.31. The van der Waals surface area contributed by atoms with Crippen molar-refractivity contribution in [1.29, 1.82) is 0 Å². The predicted molar refractivity (Wildman–Crippen MR) is 73.0 cm³/mol. The molecular weight excluding hydrogens is 262 g/mol. The Labute approximate surface area is 116 Å². The highest BCUT2D eigenvalue weighted by molar-refractivity contribution is 5.35. The van der Waals surface area contributed by atoms with Crippen molar-refractivity contribution in [3.8, 4) is 11.5 Å². The summed E-state index contributed by atoms with van der Waals surface area (Å²) in [4.78, 5) is 0. The molecule has 20 heavy (non-hydrogen) atoms. The van der Waals surface area contributed by atoms with Crippen LogP contribution in [0.25, 0.3) is 0 Å². The minimum Gasteiger partial charge on any atom is -0.508 e. The van der Waals surface area contributed by atoms with Gasteiger partial charge in [0.05, 0.1) is 0 Å². The van der Waals surface area contributed by atoms with Gasteiger partial charge in [-0.2, -0.15) is 0 Å². The van der Waals surface area contributed by atoms with Gasteiger partial charge < -0.3 is 10.2 Å². The standard InChI is InChI=1S/C16H16F2O2/c1-9(13-5-3-11(19)7-15(13)17)10(2)14-6-4-12(20)8-16(14)18/h3-10,19-20H,1-2H3/t9-,10-/m1/s1. The molecule has 106 valence electrons. The summed E-state index contributed by atoms with van der Waals surface area (Å²) < 4.78 is 27.7. The zero-order valence-electron chi connectivity index (χ0n) is 11.3. The quantitative estimate of drug-likeness (QED) is 0.879. The molecule has 0 radical (unpaired) electrons. The molecule has 0 aliphatic heterocycles. The van der Waals surface area contributed by atoms with Gasteiger partial charge in [-0.25, -0.2) is 8.78 Å². The summed E-state index contributed by atoms with van der Waals surface area (Å²) in [6.07, 6.45) is 0. The molecular formula is C16H16F2O2. The maximum Gasteiger partial charge on any atom is 0.130 e. The molecule has 0 saturated heterocycles. The Morgan fingerprint density at radius 1 is 0.750 bits per heavy atom. The molecule has 2 N–H and O–H groups in total. The Hall–Kier alpha value is -2.10. The normalized spacial score (nSPS) is 14.0. The van der Waals surface area contributed by atoms with Gasteiger partial charge in [0, 0.05) is 12.1 Å². The van der Waals surface area contributed by atoms with E-state index in [9.17, 15) is 19.0 Å². The van der Waals surface area contributed by atoms with Gasteiger partial charge in [0.2, 0.25) is 0 Å². The van der Waals surface area contributed by atoms with Gasteiger partial charge in [-0.05, 0) is 35.1 Å². The lowest BCUT2D eigenvalue weighted by Gasteiger charge is -2.22. The van der Waals surface area contributed by atoms with E-state index in [0.717, 1.165) is 12.1 Å². The summed E-state index contributed by atoms with van der Waals surface area (Å²) in [5, 5.41) is 18.4. The molecule has 0 saturated carbocycles. The van der Waals surface area contributed by atoms with Crippen molar-refractivity contribution in [2.45, 2.75) is 25.7 Å². The molecule has 0 amide bonds. The van der Waals surface area contributed by atoms with Crippen LogP contribution in [0, 0.1) is 11.6 Å². The average molecular weight is 278 g/mol. The second-order valence-corrected chi connectivity index (χ2v) is 4.99. The molecule has 0 aliphatic carbocycles. The van der Waals surface area contributed by atoms with Crippen molar-refractivity contribution in [2.75, 3.05) is 0 Å². The Morgan fingerprint density at radius 3 is 1.40 bits per heavy atom. The van der Waals surface area contributed by atoms with Crippen LogP contribution in [0.2, 0.25) is 0 Å². The first kappa shape index (κ1) is 14.3. The van der Waals surface area contributed by atoms with Crippen LogP contribution in [0.4, 0.5) is 8.78 Å². The SMILES string of the molecule is C[C@@H](c1ccc(O)cc1F)[C@@H](C)c1ccc(O)cc1F. The summed E-state index contributed by atoms with van der Waals surface area (Å²) in [7, 11) is 0. The van der Waals surface area contributed by atoms with Gasteiger partial charge in [-0.15, -0.1) is 0 Å². The third-order valence-electron chi connectivity index (χ3n) is 3.70. The number of benzene rings is 2. The fraction of sp³-hybridized carbons (Fsp3) is 0.250. The Bertz CT molecular complexity index is 570. The zero-order chi connectivity index (χ0) is 14.9. The lowest BCUT2D eigenvalue weighted by atomic mass is 9.83. The van der Waals surface area contributed by atoms with Crippen LogP contribution in [0.5, 0.6) is 11.5 Å². The summed E-state index contributed by atoms with van der Waals surface area (Å²) >= 11 is 0. The summed E-state index contributed by atoms with van der Waals surface area (Å²) in [6, 6.07) is 7.93. The van der Waals surface area contributed by atoms with Crippen LogP contribution in [0.15, 0.2) is 36.4 Å². The van der Waals surface area contributed by atoms with Crippen LogP contribution < -0.4 is 0 Å². The maximum absolute atomic E-state index is 13.8. The van der Waals surface area contributed by atoms with Crippen molar-refractivity contribution < 1.29 is 19.0 Å². The van der Waals surface area contributed by atoms with Crippen LogP contribution in [0.1, 0.15) is 36.8 Å². The number of hydrogen-bond acceptors (Lipinski definition) is 2. The van der Waals surface area contributed by atoms with E-state index in [1.807, 2.05) is 0 Å². The van der Waals surface area contributed by atoms with Crippen molar-refractivity contribution in [2.24, 2.45) is 0 Å². The summed E-state index contributed by atoms with van der Waals surface area (Å²) in [6.45, 7) is 3.60. The molecule has 2 atom stereocenters. The minimum atomic E-state index is -0.511. The molecule has 0 bridgehead atoms. The molecule has 0 aromatic heterocycles. The van der Waals surface area contributed by atoms with Crippen LogP contribution >= 0.6 is 0 Å². The maximum atomic E-state index is 13.8. The van der Waals surface area contributed by atoms with Crippen molar-refractivity contribution in [1.82, 2.24) is 0 Å². The van der Waals surface area contributed by atoms with E-state index in [2.05, 4.69) is 0 Å². The van der Waals surface area contributed by atoms with Gasteiger partial charge in [-0.1, -0.05) is 26.0 Å². The average Bonchev–Trinajstić information content (AvgIpc) is 2.37. The Kier molecular flexibility index (Phi) is 3.93. The van der Waals surface area contributed by atoms with E-state index in [4.69, 9.17) is 0 Å². The van der Waals surface area contributed by atoms with E-state index in [0.29, 0.717) is 11.1 Å². The first-order valence-corrected chi connectivity index (χ1v) is 6.37. The van der Waals surface area contributed by atoms with Gasteiger partial charge in [0.25, 0.3) is 0 Å². The van der Waals surface area contributed by atoms with Gasteiger partial charge in [0.15, 0.2) is 0 Å². The molecule has 2 rings (SSSR count). The molecule has 0 unspecified atom stereocenters. The molecule has 2 nitrogen and oxygen atoms in total. The molecule has 0 fully saturated rings. The first-order chi connectivity index (χ1) is 9.40. The Morgan fingerprint density at radius 2 is 1.10 bits per heavy atom. The van der Waals surface area contributed by atoms with E-state index in [-0.39, 0.29) is 23.3 Å². The molecule has 2 aromatic rings. The smallest absolute Gasteiger partial charge is 0.130 e. The molecule has 0 aliphatic rings. The van der Waals surface area contributed by atoms with E-state index >= 15 is 0 Å². The van der Waals surface area contributed by atoms with Gasteiger partial charge in [-0.3, -0.25) is 0 Å². The third kappa shape index (κ3) is 2.74.